The first kappa shape index (κ1) is 13.2. The summed E-state index contributed by atoms with van der Waals surface area (Å²) in [6.07, 6.45) is -4.56. The maximum Gasteiger partial charge on any atom is 0.416 e. The highest BCUT2D eigenvalue weighted by atomic mass is 32.2. The molecule has 1 aliphatic heterocycles. The average molecular weight is 280 g/mol. The Morgan fingerprint density at radius 2 is 2.06 bits per heavy atom. The second-order valence-electron chi connectivity index (χ2n) is 3.84. The van der Waals surface area contributed by atoms with E-state index in [1.165, 1.54) is 6.07 Å². The summed E-state index contributed by atoms with van der Waals surface area (Å²) in [6.45, 7) is 2.36. The normalized spacial score (nSPS) is 18.6. The van der Waals surface area contributed by atoms with Crippen LogP contribution in [0.3, 0.4) is 0 Å². The number of benzene rings is 1. The number of anilines is 1. The molecule has 4 nitrogen and oxygen atoms in total. The monoisotopic (exact) mass is 280 g/mol. The van der Waals surface area contributed by atoms with Crippen LogP contribution in [0.15, 0.2) is 23.1 Å². The van der Waals surface area contributed by atoms with Crippen molar-refractivity contribution in [3.63, 3.8) is 0 Å². The van der Waals surface area contributed by atoms with Crippen LogP contribution >= 0.6 is 0 Å². The van der Waals surface area contributed by atoms with Crippen LogP contribution in [0.2, 0.25) is 0 Å². The lowest BCUT2D eigenvalue weighted by atomic mass is 10.2. The first-order valence-corrected chi connectivity index (χ1v) is 6.70. The van der Waals surface area contributed by atoms with E-state index >= 15 is 0 Å². The number of nitrogens with one attached hydrogen (secondary N) is 1. The molecule has 1 heterocycles. The molecule has 0 bridgehead atoms. The average Bonchev–Trinajstić information content (AvgIpc) is 2.28. The van der Waals surface area contributed by atoms with Gasteiger partial charge in [-0.05, 0) is 25.1 Å². The van der Waals surface area contributed by atoms with Gasteiger partial charge in [0.05, 0.1) is 17.9 Å². The van der Waals surface area contributed by atoms with Gasteiger partial charge in [-0.15, -0.1) is 0 Å². The summed E-state index contributed by atoms with van der Waals surface area (Å²) in [4.78, 5) is 1.32. The minimum atomic E-state index is -4.56. The van der Waals surface area contributed by atoms with E-state index in [0.29, 0.717) is 18.3 Å². The molecular weight excluding hydrogens is 269 g/mol. The molecule has 0 radical (unpaired) electrons. The predicted molar refractivity (Wildman–Crippen MR) is 59.7 cm³/mol. The lowest BCUT2D eigenvalue weighted by Crippen LogP contribution is -2.43. The van der Waals surface area contributed by atoms with E-state index in [9.17, 15) is 21.6 Å². The number of halogens is 3. The Labute approximate surface area is 102 Å². The van der Waals surface area contributed by atoms with Crippen LogP contribution in [0.4, 0.5) is 18.9 Å². The van der Waals surface area contributed by atoms with Gasteiger partial charge in [-0.25, -0.2) is 8.42 Å². The molecule has 18 heavy (non-hydrogen) atoms. The quantitative estimate of drug-likeness (QED) is 0.853. The number of fused-ring (bicyclic) bond motifs is 1. The molecule has 0 aromatic heterocycles. The maximum absolute atomic E-state index is 12.6. The molecule has 1 aliphatic rings. The van der Waals surface area contributed by atoms with Crippen molar-refractivity contribution in [3.8, 4) is 0 Å². The molecule has 1 aromatic rings. The summed E-state index contributed by atoms with van der Waals surface area (Å²) in [7, 11) is -3.86. The molecule has 0 saturated carbocycles. The van der Waals surface area contributed by atoms with Crippen LogP contribution in [-0.4, -0.2) is 21.6 Å². The Morgan fingerprint density at radius 1 is 1.39 bits per heavy atom. The second kappa shape index (κ2) is 4.13. The lowest BCUT2D eigenvalue weighted by molar-refractivity contribution is -0.137. The lowest BCUT2D eigenvalue weighted by Gasteiger charge is -2.30. The second-order valence-corrected chi connectivity index (χ2v) is 5.58. The zero-order valence-electron chi connectivity index (χ0n) is 9.45. The summed E-state index contributed by atoms with van der Waals surface area (Å²) in [5.74, 6) is 0. The predicted octanol–water partition coefficient (Wildman–Crippen LogP) is 1.78. The SMILES string of the molecule is CCN1CNS(=O)(=O)c2cc(C(F)(F)F)ccc21. The first-order valence-electron chi connectivity index (χ1n) is 5.21. The molecule has 0 amide bonds. The minimum Gasteiger partial charge on any atom is -0.357 e. The standard InChI is InChI=1S/C10H11F3N2O2S/c1-2-15-6-14-18(16,17)9-5-7(10(11,12)13)3-4-8(9)15/h3-5,14H,2,6H2,1H3. The van der Waals surface area contributed by atoms with Crippen LogP contribution in [0.5, 0.6) is 0 Å². The van der Waals surface area contributed by atoms with E-state index in [1.54, 1.807) is 11.8 Å². The van der Waals surface area contributed by atoms with Crippen molar-refractivity contribution < 1.29 is 21.6 Å². The van der Waals surface area contributed by atoms with E-state index in [4.69, 9.17) is 0 Å². The Kier molecular flexibility index (Phi) is 3.02. The van der Waals surface area contributed by atoms with Gasteiger partial charge in [-0.3, -0.25) is 0 Å². The van der Waals surface area contributed by atoms with Crippen LogP contribution in [0.1, 0.15) is 12.5 Å². The van der Waals surface area contributed by atoms with E-state index in [1.807, 2.05) is 0 Å². The first-order chi connectivity index (χ1) is 8.25. The molecule has 1 N–H and O–H groups in total. The Bertz CT molecular complexity index is 569. The van der Waals surface area contributed by atoms with Crippen LogP contribution in [-0.2, 0) is 16.2 Å². The van der Waals surface area contributed by atoms with Crippen LogP contribution in [0.25, 0.3) is 0 Å². The Morgan fingerprint density at radius 3 is 2.61 bits per heavy atom. The van der Waals surface area contributed by atoms with Crippen molar-refractivity contribution in [2.24, 2.45) is 0 Å². The van der Waals surface area contributed by atoms with Gasteiger partial charge < -0.3 is 4.90 Å². The number of rotatable bonds is 1. The highest BCUT2D eigenvalue weighted by Crippen LogP contribution is 2.35. The molecule has 0 unspecified atom stereocenters. The van der Waals surface area contributed by atoms with Crippen LogP contribution in [0, 0.1) is 0 Å². The summed E-state index contributed by atoms with van der Waals surface area (Å²) < 4.78 is 63.3. The van der Waals surface area contributed by atoms with Crippen molar-refractivity contribution >= 4 is 15.7 Å². The zero-order valence-corrected chi connectivity index (χ0v) is 10.3. The van der Waals surface area contributed by atoms with E-state index in [0.717, 1.165) is 6.07 Å². The van der Waals surface area contributed by atoms with Crippen LogP contribution < -0.4 is 9.62 Å². The molecule has 0 aliphatic carbocycles. The van der Waals surface area contributed by atoms with Crippen molar-refractivity contribution in [2.45, 2.75) is 18.0 Å². The minimum absolute atomic E-state index is 0.0667. The molecule has 100 valence electrons. The van der Waals surface area contributed by atoms with Gasteiger partial charge in [0.1, 0.15) is 4.90 Å². The van der Waals surface area contributed by atoms with Crippen molar-refractivity contribution in [3.05, 3.63) is 23.8 Å². The molecule has 1 aromatic carbocycles. The number of hydrogen-bond donors (Lipinski definition) is 1. The smallest absolute Gasteiger partial charge is 0.357 e. The molecule has 0 fully saturated rings. The van der Waals surface area contributed by atoms with Gasteiger partial charge in [-0.2, -0.15) is 17.9 Å². The molecule has 8 heteroatoms. The van der Waals surface area contributed by atoms with E-state index in [2.05, 4.69) is 4.72 Å². The third kappa shape index (κ3) is 2.17. The van der Waals surface area contributed by atoms with Gasteiger partial charge in [0.2, 0.25) is 10.0 Å². The summed E-state index contributed by atoms with van der Waals surface area (Å²) >= 11 is 0. The highest BCUT2D eigenvalue weighted by Gasteiger charge is 2.35. The number of hydrogen-bond acceptors (Lipinski definition) is 3. The van der Waals surface area contributed by atoms with E-state index < -0.39 is 21.8 Å². The topological polar surface area (TPSA) is 49.4 Å². The molecular formula is C10H11F3N2O2S. The summed E-state index contributed by atoms with van der Waals surface area (Å²) in [6, 6.07) is 2.75. The number of nitrogens with zero attached hydrogens (tertiary/aromatic N) is 1. The fourth-order valence-electron chi connectivity index (χ4n) is 1.77. The molecule has 0 atom stereocenters. The Balaban J connectivity index is 2.62. The maximum atomic E-state index is 12.6. The zero-order chi connectivity index (χ0) is 13.6. The largest absolute Gasteiger partial charge is 0.416 e. The molecule has 0 spiro atoms. The van der Waals surface area contributed by atoms with Gasteiger partial charge >= 0.3 is 6.18 Å². The van der Waals surface area contributed by atoms with Gasteiger partial charge in [-0.1, -0.05) is 0 Å². The third-order valence-corrected chi connectivity index (χ3v) is 4.16. The number of sulfonamides is 1. The highest BCUT2D eigenvalue weighted by molar-refractivity contribution is 7.89. The van der Waals surface area contributed by atoms with Crippen molar-refractivity contribution in [1.29, 1.82) is 0 Å². The third-order valence-electron chi connectivity index (χ3n) is 2.74. The van der Waals surface area contributed by atoms with E-state index in [-0.39, 0.29) is 11.6 Å². The van der Waals surface area contributed by atoms with Crippen molar-refractivity contribution in [2.75, 3.05) is 18.1 Å². The Hall–Kier alpha value is -1.28. The van der Waals surface area contributed by atoms with Gasteiger partial charge in [0.25, 0.3) is 0 Å². The van der Waals surface area contributed by atoms with Gasteiger partial charge in [0, 0.05) is 6.54 Å². The van der Waals surface area contributed by atoms with Crippen molar-refractivity contribution in [1.82, 2.24) is 4.72 Å². The summed E-state index contributed by atoms with van der Waals surface area (Å²) in [5, 5.41) is 0. The molecule has 0 saturated heterocycles. The number of alkyl halides is 3. The fraction of sp³-hybridized carbons (Fsp3) is 0.400. The molecule has 2 rings (SSSR count). The summed E-state index contributed by atoms with van der Waals surface area (Å²) in [5.41, 5.74) is -0.672. The fourth-order valence-corrected chi connectivity index (χ4v) is 3.01. The van der Waals surface area contributed by atoms with Gasteiger partial charge in [0.15, 0.2) is 0 Å².